The molecule has 1 heterocycles. The summed E-state index contributed by atoms with van der Waals surface area (Å²) in [6.07, 6.45) is 10.9. The SMILES string of the molecule is COc1ccc(C(CNC(=O)C23CC4CC(CC(Br)(C4)C2)C3)N2CCCCC2)cc1. The van der Waals surface area contributed by atoms with Gasteiger partial charge in [-0.15, -0.1) is 0 Å². The first kappa shape index (κ1) is 20.8. The fourth-order valence-corrected chi connectivity index (χ4v) is 8.76. The van der Waals surface area contributed by atoms with Gasteiger partial charge in [0, 0.05) is 10.9 Å². The fourth-order valence-electron chi connectivity index (χ4n) is 7.31. The highest BCUT2D eigenvalue weighted by molar-refractivity contribution is 9.10. The lowest BCUT2D eigenvalue weighted by Gasteiger charge is -2.59. The van der Waals surface area contributed by atoms with Crippen LogP contribution in [0.15, 0.2) is 24.3 Å². The van der Waals surface area contributed by atoms with Crippen molar-refractivity contribution < 1.29 is 9.53 Å². The van der Waals surface area contributed by atoms with E-state index in [-0.39, 0.29) is 15.8 Å². The maximum atomic E-state index is 13.6. The van der Waals surface area contributed by atoms with Crippen molar-refractivity contribution in [2.75, 3.05) is 26.7 Å². The second kappa shape index (κ2) is 8.12. The summed E-state index contributed by atoms with van der Waals surface area (Å²) >= 11 is 4.05. The molecule has 6 rings (SSSR count). The molecule has 5 heteroatoms. The second-order valence-electron chi connectivity index (χ2n) is 10.5. The highest BCUT2D eigenvalue weighted by Gasteiger charge is 2.59. The number of piperidine rings is 1. The van der Waals surface area contributed by atoms with Gasteiger partial charge in [0.25, 0.3) is 0 Å². The summed E-state index contributed by atoms with van der Waals surface area (Å²) in [5.41, 5.74) is 1.14. The van der Waals surface area contributed by atoms with Crippen LogP contribution in [0.1, 0.15) is 69.4 Å². The Morgan fingerprint density at radius 2 is 1.80 bits per heavy atom. The van der Waals surface area contributed by atoms with Crippen LogP contribution < -0.4 is 10.1 Å². The Kier molecular flexibility index (Phi) is 5.64. The molecule has 1 aliphatic heterocycles. The van der Waals surface area contributed by atoms with E-state index in [9.17, 15) is 4.79 Å². The average molecular weight is 475 g/mol. The Bertz CT molecular complexity index is 760. The van der Waals surface area contributed by atoms with Crippen LogP contribution in [-0.2, 0) is 4.79 Å². The molecular formula is C25H35BrN2O2. The zero-order valence-electron chi connectivity index (χ0n) is 18.2. The van der Waals surface area contributed by atoms with Crippen LogP contribution in [0.5, 0.6) is 5.75 Å². The van der Waals surface area contributed by atoms with E-state index in [1.54, 1.807) is 7.11 Å². The van der Waals surface area contributed by atoms with Gasteiger partial charge in [-0.2, -0.15) is 0 Å². The van der Waals surface area contributed by atoms with Gasteiger partial charge in [-0.05, 0) is 94.0 Å². The number of nitrogens with one attached hydrogen (secondary N) is 1. The normalized spacial score (nSPS) is 36.5. The van der Waals surface area contributed by atoms with Crippen LogP contribution in [0.4, 0.5) is 0 Å². The molecule has 0 aromatic heterocycles. The van der Waals surface area contributed by atoms with Crippen molar-refractivity contribution >= 4 is 21.8 Å². The lowest BCUT2D eigenvalue weighted by molar-refractivity contribution is -0.144. The van der Waals surface area contributed by atoms with Gasteiger partial charge in [0.05, 0.1) is 18.6 Å². The number of carbonyl (C=O) groups is 1. The van der Waals surface area contributed by atoms with Crippen LogP contribution in [0.25, 0.3) is 0 Å². The fraction of sp³-hybridized carbons (Fsp3) is 0.720. The van der Waals surface area contributed by atoms with E-state index in [1.165, 1.54) is 44.1 Å². The van der Waals surface area contributed by atoms with Gasteiger partial charge in [-0.25, -0.2) is 0 Å². The third kappa shape index (κ3) is 3.92. The molecule has 30 heavy (non-hydrogen) atoms. The molecule has 0 spiro atoms. The van der Waals surface area contributed by atoms with Crippen molar-refractivity contribution in [3.63, 3.8) is 0 Å². The molecule has 1 N–H and O–H groups in total. The number of carbonyl (C=O) groups excluding carboxylic acids is 1. The van der Waals surface area contributed by atoms with Crippen molar-refractivity contribution in [1.82, 2.24) is 10.2 Å². The van der Waals surface area contributed by atoms with E-state index >= 15 is 0 Å². The summed E-state index contributed by atoms with van der Waals surface area (Å²) in [6.45, 7) is 2.94. The maximum absolute atomic E-state index is 13.6. The van der Waals surface area contributed by atoms with Gasteiger partial charge in [0.15, 0.2) is 0 Å². The number of halogens is 1. The molecule has 4 saturated carbocycles. The highest BCUT2D eigenvalue weighted by Crippen LogP contribution is 2.64. The van der Waals surface area contributed by atoms with Crippen LogP contribution in [0.3, 0.4) is 0 Å². The number of alkyl halides is 1. The number of nitrogens with zero attached hydrogens (tertiary/aromatic N) is 1. The van der Waals surface area contributed by atoms with E-state index in [2.05, 4.69) is 38.3 Å². The first-order valence-corrected chi connectivity index (χ1v) is 12.6. The van der Waals surface area contributed by atoms with Crippen molar-refractivity contribution in [1.29, 1.82) is 0 Å². The van der Waals surface area contributed by atoms with Gasteiger partial charge in [0.2, 0.25) is 5.91 Å². The minimum Gasteiger partial charge on any atom is -0.497 e. The molecule has 4 nitrogen and oxygen atoms in total. The van der Waals surface area contributed by atoms with Crippen molar-refractivity contribution in [2.45, 2.75) is 68.2 Å². The summed E-state index contributed by atoms with van der Waals surface area (Å²) in [5.74, 6) is 2.67. The van der Waals surface area contributed by atoms with Crippen molar-refractivity contribution in [3.05, 3.63) is 29.8 Å². The molecule has 4 bridgehead atoms. The van der Waals surface area contributed by atoms with Crippen molar-refractivity contribution in [3.8, 4) is 5.75 Å². The predicted molar refractivity (Wildman–Crippen MR) is 123 cm³/mol. The molecule has 5 aliphatic rings. The monoisotopic (exact) mass is 474 g/mol. The number of hydrogen-bond acceptors (Lipinski definition) is 3. The topological polar surface area (TPSA) is 41.6 Å². The summed E-state index contributed by atoms with van der Waals surface area (Å²) in [7, 11) is 1.71. The molecule has 3 unspecified atom stereocenters. The van der Waals surface area contributed by atoms with E-state index in [0.717, 1.165) is 49.9 Å². The van der Waals surface area contributed by atoms with E-state index < -0.39 is 0 Å². The van der Waals surface area contributed by atoms with Gasteiger partial charge in [-0.1, -0.05) is 34.5 Å². The molecule has 3 atom stereocenters. The summed E-state index contributed by atoms with van der Waals surface area (Å²) in [6, 6.07) is 8.67. The molecule has 1 saturated heterocycles. The first-order valence-electron chi connectivity index (χ1n) is 11.8. The lowest BCUT2D eigenvalue weighted by atomic mass is 9.49. The summed E-state index contributed by atoms with van der Waals surface area (Å²) in [4.78, 5) is 16.2. The van der Waals surface area contributed by atoms with Crippen LogP contribution >= 0.6 is 15.9 Å². The molecule has 5 fully saturated rings. The predicted octanol–water partition coefficient (Wildman–Crippen LogP) is 5.07. The number of likely N-dealkylation sites (tertiary alicyclic amines) is 1. The Morgan fingerprint density at radius 1 is 1.13 bits per heavy atom. The molecule has 1 aromatic rings. The minimum absolute atomic E-state index is 0.139. The summed E-state index contributed by atoms with van der Waals surface area (Å²) in [5, 5.41) is 3.45. The zero-order chi connectivity index (χ0) is 20.8. The average Bonchev–Trinajstić information content (AvgIpc) is 2.73. The largest absolute Gasteiger partial charge is 0.497 e. The van der Waals surface area contributed by atoms with E-state index in [1.807, 2.05) is 12.1 Å². The molecule has 4 aliphatic carbocycles. The van der Waals surface area contributed by atoms with Gasteiger partial charge >= 0.3 is 0 Å². The molecular weight excluding hydrogens is 440 g/mol. The Hall–Kier alpha value is -1.07. The first-order chi connectivity index (χ1) is 14.5. The molecule has 1 aromatic carbocycles. The van der Waals surface area contributed by atoms with Crippen LogP contribution in [0.2, 0.25) is 0 Å². The molecule has 0 radical (unpaired) electrons. The zero-order valence-corrected chi connectivity index (χ0v) is 19.8. The Labute approximate surface area is 189 Å². The second-order valence-corrected chi connectivity index (χ2v) is 12.2. The smallest absolute Gasteiger partial charge is 0.226 e. The van der Waals surface area contributed by atoms with Gasteiger partial charge in [0.1, 0.15) is 5.75 Å². The molecule has 1 amide bonds. The number of rotatable bonds is 6. The summed E-state index contributed by atoms with van der Waals surface area (Å²) < 4.78 is 5.57. The molecule has 164 valence electrons. The van der Waals surface area contributed by atoms with Crippen LogP contribution in [-0.4, -0.2) is 41.9 Å². The quantitative estimate of drug-likeness (QED) is 0.584. The third-order valence-electron chi connectivity index (χ3n) is 8.26. The Balaban J connectivity index is 1.31. The van der Waals surface area contributed by atoms with Gasteiger partial charge in [-0.3, -0.25) is 9.69 Å². The number of benzene rings is 1. The van der Waals surface area contributed by atoms with E-state index in [0.29, 0.717) is 12.5 Å². The van der Waals surface area contributed by atoms with Crippen LogP contribution in [0, 0.1) is 17.3 Å². The number of ether oxygens (including phenoxy) is 1. The van der Waals surface area contributed by atoms with Crippen molar-refractivity contribution in [2.24, 2.45) is 17.3 Å². The maximum Gasteiger partial charge on any atom is 0.226 e. The van der Waals surface area contributed by atoms with E-state index in [4.69, 9.17) is 4.74 Å². The standard InChI is InChI=1S/C25H35BrN2O2/c1-30-21-7-5-20(6-8-21)22(28-9-3-2-4-10-28)16-27-23(29)24-12-18-11-19(13-24)15-25(26,14-18)17-24/h5-8,18-19,22H,2-4,9-17H2,1H3,(H,27,29). The number of amides is 1. The highest BCUT2D eigenvalue weighted by atomic mass is 79.9. The number of hydrogen-bond donors (Lipinski definition) is 1. The minimum atomic E-state index is -0.139. The third-order valence-corrected chi connectivity index (χ3v) is 9.19. The van der Waals surface area contributed by atoms with Gasteiger partial charge < -0.3 is 10.1 Å². The lowest BCUT2D eigenvalue weighted by Crippen LogP contribution is -2.58. The number of methoxy groups -OCH3 is 1. The Morgan fingerprint density at radius 3 is 2.40 bits per heavy atom.